The summed E-state index contributed by atoms with van der Waals surface area (Å²) in [5.74, 6) is 1.61. The minimum Gasteiger partial charge on any atom is -0.207 e. The van der Waals surface area contributed by atoms with Crippen LogP contribution in [0.4, 0.5) is 4.39 Å². The third kappa shape index (κ3) is 5.91. The largest absolute Gasteiger partial charge is 0.207 e. The maximum absolute atomic E-state index is 13.8. The van der Waals surface area contributed by atoms with Crippen LogP contribution in [0.2, 0.25) is 5.02 Å². The topological polar surface area (TPSA) is 0 Å². The van der Waals surface area contributed by atoms with Crippen molar-refractivity contribution in [2.24, 2.45) is 11.8 Å². The highest BCUT2D eigenvalue weighted by atomic mass is 35.5. The van der Waals surface area contributed by atoms with Gasteiger partial charge in [0.05, 0.1) is 0 Å². The summed E-state index contributed by atoms with van der Waals surface area (Å²) >= 11 is 5.80. The Morgan fingerprint density at radius 1 is 1.00 bits per heavy atom. The van der Waals surface area contributed by atoms with Gasteiger partial charge in [0.1, 0.15) is 5.82 Å². The Labute approximate surface area is 140 Å². The van der Waals surface area contributed by atoms with Crippen molar-refractivity contribution in [2.75, 3.05) is 0 Å². The van der Waals surface area contributed by atoms with Crippen LogP contribution in [0, 0.1) is 17.7 Å². The summed E-state index contributed by atoms with van der Waals surface area (Å²) < 4.78 is 13.8. The highest BCUT2D eigenvalue weighted by Crippen LogP contribution is 2.34. The molecule has 1 aromatic carbocycles. The SMILES string of the molecule is CCCCCC[C@H]1CC[C@H](CCc2ccc(Cl)cc2F)CC1. The lowest BCUT2D eigenvalue weighted by Gasteiger charge is -2.28. The van der Waals surface area contributed by atoms with Gasteiger partial charge in [0.2, 0.25) is 0 Å². The van der Waals surface area contributed by atoms with Crippen LogP contribution in [0.15, 0.2) is 18.2 Å². The van der Waals surface area contributed by atoms with E-state index in [2.05, 4.69) is 6.92 Å². The molecule has 0 aromatic heterocycles. The lowest BCUT2D eigenvalue weighted by molar-refractivity contribution is 0.248. The Balaban J connectivity index is 1.65. The van der Waals surface area contributed by atoms with Gasteiger partial charge in [-0.05, 0) is 42.4 Å². The normalized spacial score (nSPS) is 22.0. The highest BCUT2D eigenvalue weighted by Gasteiger charge is 2.21. The molecule has 1 aliphatic rings. The summed E-state index contributed by atoms with van der Waals surface area (Å²) in [6.45, 7) is 2.27. The summed E-state index contributed by atoms with van der Waals surface area (Å²) in [6, 6.07) is 5.08. The van der Waals surface area contributed by atoms with Gasteiger partial charge in [-0.3, -0.25) is 0 Å². The molecule has 124 valence electrons. The monoisotopic (exact) mass is 324 g/mol. The van der Waals surface area contributed by atoms with Crippen LogP contribution in [0.5, 0.6) is 0 Å². The van der Waals surface area contributed by atoms with Gasteiger partial charge < -0.3 is 0 Å². The Kier molecular flexibility index (Phi) is 7.72. The fourth-order valence-electron chi connectivity index (χ4n) is 3.75. The predicted octanol–water partition coefficient (Wildman–Crippen LogP) is 7.19. The molecule has 0 N–H and O–H groups in total. The molecule has 0 aliphatic heterocycles. The van der Waals surface area contributed by atoms with Crippen LogP contribution in [0.1, 0.15) is 76.7 Å². The molecule has 1 aromatic rings. The molecule has 22 heavy (non-hydrogen) atoms. The minimum absolute atomic E-state index is 0.142. The maximum Gasteiger partial charge on any atom is 0.127 e. The fraction of sp³-hybridized carbons (Fsp3) is 0.700. The van der Waals surface area contributed by atoms with Crippen LogP contribution in [-0.4, -0.2) is 0 Å². The van der Waals surface area contributed by atoms with Crippen molar-refractivity contribution in [1.29, 1.82) is 0 Å². The summed E-state index contributed by atoms with van der Waals surface area (Å²) in [5.41, 5.74) is 0.825. The number of unbranched alkanes of at least 4 members (excludes halogenated alkanes) is 3. The average Bonchev–Trinajstić information content (AvgIpc) is 2.52. The van der Waals surface area contributed by atoms with Gasteiger partial charge in [0.15, 0.2) is 0 Å². The molecule has 0 nitrogen and oxygen atoms in total. The van der Waals surface area contributed by atoms with Gasteiger partial charge in [-0.1, -0.05) is 82.4 Å². The van der Waals surface area contributed by atoms with E-state index in [0.29, 0.717) is 5.02 Å². The van der Waals surface area contributed by atoms with Crippen LogP contribution < -0.4 is 0 Å². The third-order valence-electron chi connectivity index (χ3n) is 5.27. The van der Waals surface area contributed by atoms with E-state index in [9.17, 15) is 4.39 Å². The van der Waals surface area contributed by atoms with Gasteiger partial charge in [0, 0.05) is 5.02 Å². The zero-order chi connectivity index (χ0) is 15.8. The van der Waals surface area contributed by atoms with E-state index < -0.39 is 0 Å². The van der Waals surface area contributed by atoms with Crippen molar-refractivity contribution in [3.8, 4) is 0 Å². The summed E-state index contributed by atoms with van der Waals surface area (Å²) in [6.07, 6.45) is 14.4. The first-order chi connectivity index (χ1) is 10.7. The summed E-state index contributed by atoms with van der Waals surface area (Å²) in [5, 5.41) is 0.491. The molecular weight excluding hydrogens is 295 g/mol. The van der Waals surface area contributed by atoms with E-state index in [4.69, 9.17) is 11.6 Å². The molecule has 1 fully saturated rings. The van der Waals surface area contributed by atoms with Gasteiger partial charge in [-0.2, -0.15) is 0 Å². The van der Waals surface area contributed by atoms with Crippen LogP contribution in [-0.2, 0) is 6.42 Å². The van der Waals surface area contributed by atoms with E-state index in [0.717, 1.165) is 30.2 Å². The second-order valence-corrected chi connectivity index (χ2v) is 7.45. The molecular formula is C20H30ClF. The third-order valence-corrected chi connectivity index (χ3v) is 5.50. The van der Waals surface area contributed by atoms with E-state index in [-0.39, 0.29) is 5.82 Å². The molecule has 0 heterocycles. The lowest BCUT2D eigenvalue weighted by atomic mass is 9.77. The second kappa shape index (κ2) is 9.55. The smallest absolute Gasteiger partial charge is 0.127 e. The highest BCUT2D eigenvalue weighted by molar-refractivity contribution is 6.30. The first kappa shape index (κ1) is 17.8. The first-order valence-corrected chi connectivity index (χ1v) is 9.50. The lowest BCUT2D eigenvalue weighted by Crippen LogP contribution is -2.15. The molecule has 2 rings (SSSR count). The molecule has 0 bridgehead atoms. The molecule has 0 atom stereocenters. The Bertz CT molecular complexity index is 435. The number of rotatable bonds is 8. The van der Waals surface area contributed by atoms with E-state index in [1.807, 2.05) is 6.07 Å². The zero-order valence-electron chi connectivity index (χ0n) is 13.9. The molecule has 0 radical (unpaired) electrons. The molecule has 2 heteroatoms. The van der Waals surface area contributed by atoms with E-state index in [1.165, 1.54) is 63.9 Å². The van der Waals surface area contributed by atoms with E-state index >= 15 is 0 Å². The second-order valence-electron chi connectivity index (χ2n) is 7.01. The van der Waals surface area contributed by atoms with Crippen molar-refractivity contribution in [2.45, 2.75) is 77.6 Å². The first-order valence-electron chi connectivity index (χ1n) is 9.13. The Morgan fingerprint density at radius 2 is 1.68 bits per heavy atom. The van der Waals surface area contributed by atoms with Crippen molar-refractivity contribution in [3.63, 3.8) is 0 Å². The molecule has 0 unspecified atom stereocenters. The molecule has 1 saturated carbocycles. The molecule has 0 amide bonds. The van der Waals surface area contributed by atoms with Crippen LogP contribution in [0.25, 0.3) is 0 Å². The number of hydrogen-bond acceptors (Lipinski definition) is 0. The van der Waals surface area contributed by atoms with E-state index in [1.54, 1.807) is 6.07 Å². The minimum atomic E-state index is -0.142. The Morgan fingerprint density at radius 3 is 2.32 bits per heavy atom. The van der Waals surface area contributed by atoms with Gasteiger partial charge in [-0.25, -0.2) is 4.39 Å². The molecule has 0 saturated heterocycles. The standard InChI is InChI=1S/C20H30ClF/c1-2-3-4-5-6-16-7-9-17(10-8-16)11-12-18-13-14-19(21)15-20(18)22/h13-17H,2-12H2,1H3/t16-,17-. The quantitative estimate of drug-likeness (QED) is 0.444. The van der Waals surface area contributed by atoms with Crippen molar-refractivity contribution in [1.82, 2.24) is 0 Å². The number of hydrogen-bond donors (Lipinski definition) is 0. The van der Waals surface area contributed by atoms with Gasteiger partial charge >= 0.3 is 0 Å². The summed E-state index contributed by atoms with van der Waals surface area (Å²) in [7, 11) is 0. The number of halogens is 2. The maximum atomic E-state index is 13.8. The number of benzene rings is 1. The van der Waals surface area contributed by atoms with Gasteiger partial charge in [0.25, 0.3) is 0 Å². The predicted molar refractivity (Wildman–Crippen MR) is 93.9 cm³/mol. The van der Waals surface area contributed by atoms with Crippen molar-refractivity contribution < 1.29 is 4.39 Å². The Hall–Kier alpha value is -0.560. The molecule has 0 spiro atoms. The zero-order valence-corrected chi connectivity index (χ0v) is 14.7. The van der Waals surface area contributed by atoms with Crippen LogP contribution in [0.3, 0.4) is 0 Å². The average molecular weight is 325 g/mol. The molecule has 1 aliphatic carbocycles. The fourth-order valence-corrected chi connectivity index (χ4v) is 3.91. The van der Waals surface area contributed by atoms with Crippen molar-refractivity contribution in [3.05, 3.63) is 34.6 Å². The van der Waals surface area contributed by atoms with Crippen LogP contribution >= 0.6 is 11.6 Å². The summed E-state index contributed by atoms with van der Waals surface area (Å²) in [4.78, 5) is 0. The van der Waals surface area contributed by atoms with Crippen molar-refractivity contribution >= 4 is 11.6 Å². The van der Waals surface area contributed by atoms with Gasteiger partial charge in [-0.15, -0.1) is 0 Å². The number of aryl methyl sites for hydroxylation is 1.